The van der Waals surface area contributed by atoms with Crippen molar-refractivity contribution in [3.63, 3.8) is 0 Å². The number of nitrogens with zero attached hydrogens (tertiary/aromatic N) is 2. The maximum atomic E-state index is 5.75. The third kappa shape index (κ3) is 3.31. The van der Waals surface area contributed by atoms with Crippen molar-refractivity contribution in [1.82, 2.24) is 4.90 Å². The Morgan fingerprint density at radius 3 is 2.93 bits per heavy atom. The number of halogens is 1. The monoisotopic (exact) mass is 275 g/mol. The van der Waals surface area contributed by atoms with Gasteiger partial charge in [0, 0.05) is 28.3 Å². The standard InChI is InChI=1S/C9H14BrN3S/c1-3-12-9(11)13(2)5-8-4-7(10)6-14-8/h4,6H,3,5H2,1-2H3,(H2,11,12). The molecule has 0 unspecified atom stereocenters. The fourth-order valence-corrected chi connectivity index (χ4v) is 2.54. The minimum absolute atomic E-state index is 0.594. The molecule has 0 radical (unpaired) electrons. The first-order chi connectivity index (χ1) is 6.63. The molecule has 14 heavy (non-hydrogen) atoms. The number of nitrogens with two attached hydrogens (primary N) is 1. The largest absolute Gasteiger partial charge is 0.370 e. The zero-order valence-electron chi connectivity index (χ0n) is 8.33. The first kappa shape index (κ1) is 11.5. The normalized spacial score (nSPS) is 11.8. The lowest BCUT2D eigenvalue weighted by atomic mass is 10.4. The van der Waals surface area contributed by atoms with E-state index in [-0.39, 0.29) is 0 Å². The summed E-state index contributed by atoms with van der Waals surface area (Å²) in [6, 6.07) is 2.10. The summed E-state index contributed by atoms with van der Waals surface area (Å²) in [6.07, 6.45) is 0. The Bertz CT molecular complexity index is 322. The van der Waals surface area contributed by atoms with Gasteiger partial charge >= 0.3 is 0 Å². The van der Waals surface area contributed by atoms with Crippen molar-refractivity contribution in [2.24, 2.45) is 10.7 Å². The van der Waals surface area contributed by atoms with E-state index in [4.69, 9.17) is 5.73 Å². The van der Waals surface area contributed by atoms with Crippen molar-refractivity contribution in [3.8, 4) is 0 Å². The molecule has 0 fully saturated rings. The van der Waals surface area contributed by atoms with Crippen molar-refractivity contribution >= 4 is 33.2 Å². The first-order valence-corrected chi connectivity index (χ1v) is 6.04. The van der Waals surface area contributed by atoms with E-state index < -0.39 is 0 Å². The summed E-state index contributed by atoms with van der Waals surface area (Å²) < 4.78 is 1.12. The highest BCUT2D eigenvalue weighted by Gasteiger charge is 2.04. The summed E-state index contributed by atoms with van der Waals surface area (Å²) in [5.41, 5.74) is 5.75. The highest BCUT2D eigenvalue weighted by molar-refractivity contribution is 9.10. The van der Waals surface area contributed by atoms with Crippen molar-refractivity contribution < 1.29 is 0 Å². The average molecular weight is 276 g/mol. The van der Waals surface area contributed by atoms with Crippen molar-refractivity contribution in [3.05, 3.63) is 20.8 Å². The van der Waals surface area contributed by atoms with E-state index in [0.717, 1.165) is 17.6 Å². The third-order valence-corrected chi connectivity index (χ3v) is 3.41. The zero-order chi connectivity index (χ0) is 10.6. The van der Waals surface area contributed by atoms with Crippen molar-refractivity contribution in [2.45, 2.75) is 13.5 Å². The first-order valence-electron chi connectivity index (χ1n) is 4.37. The molecule has 1 aromatic heterocycles. The fourth-order valence-electron chi connectivity index (χ4n) is 1.03. The van der Waals surface area contributed by atoms with E-state index in [1.54, 1.807) is 11.3 Å². The van der Waals surface area contributed by atoms with Gasteiger partial charge in [0.15, 0.2) is 5.96 Å². The second-order valence-corrected chi connectivity index (χ2v) is 4.83. The minimum Gasteiger partial charge on any atom is -0.370 e. The molecule has 0 spiro atoms. The Hall–Kier alpha value is -0.550. The van der Waals surface area contributed by atoms with Gasteiger partial charge in [0.05, 0.1) is 6.54 Å². The van der Waals surface area contributed by atoms with Crippen LogP contribution < -0.4 is 5.73 Å². The van der Waals surface area contributed by atoms with Gasteiger partial charge in [-0.05, 0) is 28.9 Å². The van der Waals surface area contributed by atoms with Crippen LogP contribution in [0.15, 0.2) is 20.9 Å². The lowest BCUT2D eigenvalue weighted by molar-refractivity contribution is 0.497. The number of thiophene rings is 1. The van der Waals surface area contributed by atoms with Gasteiger partial charge in [-0.1, -0.05) is 0 Å². The second kappa shape index (κ2) is 5.36. The molecule has 2 N–H and O–H groups in total. The van der Waals surface area contributed by atoms with E-state index in [9.17, 15) is 0 Å². The predicted octanol–water partition coefficient (Wildman–Crippen LogP) is 2.28. The van der Waals surface area contributed by atoms with E-state index >= 15 is 0 Å². The average Bonchev–Trinajstić information content (AvgIpc) is 2.51. The maximum absolute atomic E-state index is 5.75. The molecule has 0 atom stereocenters. The van der Waals surface area contributed by atoms with Gasteiger partial charge in [0.1, 0.15) is 0 Å². The number of guanidine groups is 1. The molecule has 0 aromatic carbocycles. The van der Waals surface area contributed by atoms with E-state index in [1.807, 2.05) is 18.9 Å². The Morgan fingerprint density at radius 2 is 2.43 bits per heavy atom. The second-order valence-electron chi connectivity index (χ2n) is 2.92. The maximum Gasteiger partial charge on any atom is 0.191 e. The minimum atomic E-state index is 0.594. The number of aliphatic imine (C=N–C) groups is 1. The van der Waals surface area contributed by atoms with Gasteiger partial charge in [0.25, 0.3) is 0 Å². The number of rotatable bonds is 3. The summed E-state index contributed by atoms with van der Waals surface area (Å²) in [6.45, 7) is 3.51. The Labute approximate surface area is 96.8 Å². The fraction of sp³-hybridized carbons (Fsp3) is 0.444. The molecule has 1 aromatic rings. The van der Waals surface area contributed by atoms with Crippen LogP contribution in [-0.4, -0.2) is 24.5 Å². The quantitative estimate of drug-likeness (QED) is 0.679. The summed E-state index contributed by atoms with van der Waals surface area (Å²) in [5.74, 6) is 0.594. The Kier molecular flexibility index (Phi) is 4.41. The van der Waals surface area contributed by atoms with Crippen LogP contribution in [0.5, 0.6) is 0 Å². The molecule has 0 saturated carbocycles. The zero-order valence-corrected chi connectivity index (χ0v) is 10.7. The van der Waals surface area contributed by atoms with Gasteiger partial charge in [0.2, 0.25) is 0 Å². The van der Waals surface area contributed by atoms with Crippen LogP contribution in [0.3, 0.4) is 0 Å². The lowest BCUT2D eigenvalue weighted by Gasteiger charge is -2.16. The van der Waals surface area contributed by atoms with Crippen LogP contribution in [0.25, 0.3) is 0 Å². The molecule has 0 aliphatic rings. The lowest BCUT2D eigenvalue weighted by Crippen LogP contribution is -2.33. The van der Waals surface area contributed by atoms with Crippen LogP contribution in [0.2, 0.25) is 0 Å². The van der Waals surface area contributed by atoms with Gasteiger partial charge in [-0.15, -0.1) is 11.3 Å². The number of hydrogen-bond acceptors (Lipinski definition) is 2. The molecule has 0 bridgehead atoms. The Balaban J connectivity index is 2.56. The molecule has 5 heteroatoms. The Morgan fingerprint density at radius 1 is 1.71 bits per heavy atom. The van der Waals surface area contributed by atoms with Gasteiger partial charge < -0.3 is 10.6 Å². The summed E-state index contributed by atoms with van der Waals surface area (Å²) in [4.78, 5) is 7.36. The van der Waals surface area contributed by atoms with Gasteiger partial charge in [-0.2, -0.15) is 0 Å². The van der Waals surface area contributed by atoms with Crippen LogP contribution in [0.1, 0.15) is 11.8 Å². The molecule has 1 heterocycles. The van der Waals surface area contributed by atoms with Crippen LogP contribution in [-0.2, 0) is 6.54 Å². The van der Waals surface area contributed by atoms with Crippen LogP contribution >= 0.6 is 27.3 Å². The van der Waals surface area contributed by atoms with Crippen molar-refractivity contribution in [1.29, 1.82) is 0 Å². The molecular formula is C9H14BrN3S. The van der Waals surface area contributed by atoms with E-state index in [1.165, 1.54) is 4.88 Å². The van der Waals surface area contributed by atoms with Crippen LogP contribution in [0, 0.1) is 0 Å². The molecule has 3 nitrogen and oxygen atoms in total. The molecule has 0 saturated heterocycles. The summed E-state index contributed by atoms with van der Waals surface area (Å²) in [5, 5.41) is 2.07. The molecular weight excluding hydrogens is 262 g/mol. The predicted molar refractivity (Wildman–Crippen MR) is 65.6 cm³/mol. The molecule has 0 amide bonds. The third-order valence-electron chi connectivity index (χ3n) is 1.73. The van der Waals surface area contributed by atoms with Gasteiger partial charge in [-0.25, -0.2) is 0 Å². The molecule has 0 aliphatic heterocycles. The smallest absolute Gasteiger partial charge is 0.191 e. The highest BCUT2D eigenvalue weighted by atomic mass is 79.9. The van der Waals surface area contributed by atoms with E-state index in [0.29, 0.717) is 5.96 Å². The topological polar surface area (TPSA) is 41.6 Å². The highest BCUT2D eigenvalue weighted by Crippen LogP contribution is 2.20. The SMILES string of the molecule is CCN=C(N)N(C)Cc1cc(Br)cs1. The van der Waals surface area contributed by atoms with Gasteiger partial charge in [-0.3, -0.25) is 4.99 Å². The number of hydrogen-bond donors (Lipinski definition) is 1. The van der Waals surface area contributed by atoms with Crippen molar-refractivity contribution in [2.75, 3.05) is 13.6 Å². The van der Waals surface area contributed by atoms with Crippen LogP contribution in [0.4, 0.5) is 0 Å². The molecule has 78 valence electrons. The van der Waals surface area contributed by atoms with E-state index in [2.05, 4.69) is 32.4 Å². The molecule has 1 rings (SSSR count). The summed E-state index contributed by atoms with van der Waals surface area (Å²) in [7, 11) is 1.95. The summed E-state index contributed by atoms with van der Waals surface area (Å²) >= 11 is 5.13. The molecule has 0 aliphatic carbocycles.